The van der Waals surface area contributed by atoms with Gasteiger partial charge in [0.2, 0.25) is 11.4 Å². The number of anilines is 2. The third kappa shape index (κ3) is 5.52. The highest BCUT2D eigenvalue weighted by Gasteiger charge is 2.48. The topological polar surface area (TPSA) is 10.8 Å². The van der Waals surface area contributed by atoms with Crippen LogP contribution in [0, 0.1) is 83.1 Å². The summed E-state index contributed by atoms with van der Waals surface area (Å²) in [7, 11) is 0. The van der Waals surface area contributed by atoms with Crippen LogP contribution in [0.1, 0.15) is 66.8 Å². The number of benzene rings is 8. The fourth-order valence-corrected chi connectivity index (χ4v) is 12.2. The van der Waals surface area contributed by atoms with Crippen molar-refractivity contribution in [1.29, 1.82) is 0 Å². The van der Waals surface area contributed by atoms with Gasteiger partial charge in [-0.05, 0) is 221 Å². The molecule has 0 atom stereocenters. The summed E-state index contributed by atoms with van der Waals surface area (Å²) in [6, 6.07) is 43.1. The van der Waals surface area contributed by atoms with E-state index in [0.29, 0.717) is 0 Å². The quantitative estimate of drug-likeness (QED) is 0.157. The molecule has 1 aromatic heterocycles. The largest absolute Gasteiger partial charge is 0.232 e. The summed E-state index contributed by atoms with van der Waals surface area (Å²) >= 11 is 0. The summed E-state index contributed by atoms with van der Waals surface area (Å²) in [5, 5.41) is 5.12. The molecule has 0 amide bonds. The summed E-state index contributed by atoms with van der Waals surface area (Å²) in [6.45, 7) is 27.0. The first-order valence-corrected chi connectivity index (χ1v) is 22.2. The van der Waals surface area contributed by atoms with E-state index in [1.807, 2.05) is 0 Å². The molecule has 303 valence electrons. The lowest BCUT2D eigenvalue weighted by molar-refractivity contribution is 0.617. The number of rotatable bonds is 4. The Morgan fingerprint density at radius 2 is 0.677 bits per heavy atom. The highest BCUT2D eigenvalue weighted by atomic mass is 15.6. The van der Waals surface area contributed by atoms with Gasteiger partial charge in [-0.1, -0.05) is 76.9 Å². The lowest BCUT2D eigenvalue weighted by atomic mass is 9.85. The van der Waals surface area contributed by atoms with Gasteiger partial charge in [-0.3, -0.25) is 0 Å². The monoisotopic (exact) mass is 802 g/mol. The SMILES string of the molecule is Cc1cc(C)c(-c2ccc3c(c2)-c2cc(-c4c(C)cc(C)cc4C)cc4c2[N+]3n2c3ccc(-c5c(C)cc(C)cc5C)cc3c3cc(-c5c(C)cc(C)cc5C)cc-4c32)c(C)c1. The maximum atomic E-state index is 2.55. The lowest BCUT2D eigenvalue weighted by Gasteiger charge is -2.22. The molecule has 2 nitrogen and oxygen atoms in total. The van der Waals surface area contributed by atoms with Gasteiger partial charge in [0.05, 0.1) is 16.7 Å². The molecule has 0 fully saturated rings. The van der Waals surface area contributed by atoms with Crippen LogP contribution < -0.4 is 5.01 Å². The zero-order valence-electron chi connectivity index (χ0n) is 38.3. The molecule has 1 radical (unpaired) electrons. The van der Waals surface area contributed by atoms with Crippen LogP contribution in [0.3, 0.4) is 0 Å². The number of aryl methyl sites for hydroxylation is 12. The Labute approximate surface area is 367 Å². The number of hydrogen-bond acceptors (Lipinski definition) is 1. The van der Waals surface area contributed by atoms with Gasteiger partial charge in [-0.2, -0.15) is 0 Å². The van der Waals surface area contributed by atoms with E-state index < -0.39 is 0 Å². The molecule has 2 aliphatic rings. The van der Waals surface area contributed by atoms with Crippen LogP contribution in [-0.2, 0) is 0 Å². The van der Waals surface area contributed by atoms with E-state index in [2.05, 4.69) is 202 Å². The van der Waals surface area contributed by atoms with Crippen molar-refractivity contribution in [3.63, 3.8) is 0 Å². The van der Waals surface area contributed by atoms with E-state index in [1.165, 1.54) is 167 Å². The average molecular weight is 803 g/mol. The molecule has 2 aliphatic heterocycles. The molecule has 0 unspecified atom stereocenters. The molecule has 0 aliphatic carbocycles. The second-order valence-corrected chi connectivity index (χ2v) is 19.0. The van der Waals surface area contributed by atoms with Crippen molar-refractivity contribution in [1.82, 2.24) is 9.69 Å². The fourth-order valence-electron chi connectivity index (χ4n) is 12.2. The minimum Gasteiger partial charge on any atom is -0.129 e. The van der Waals surface area contributed by atoms with Crippen molar-refractivity contribution >= 4 is 33.2 Å². The van der Waals surface area contributed by atoms with Crippen molar-refractivity contribution in [2.75, 3.05) is 0 Å². The minimum absolute atomic E-state index is 1.22. The van der Waals surface area contributed by atoms with Gasteiger partial charge in [-0.15, -0.1) is 4.68 Å². The first kappa shape index (κ1) is 38.4. The summed E-state index contributed by atoms with van der Waals surface area (Å²) in [5.74, 6) is 0. The molecule has 62 heavy (non-hydrogen) atoms. The fraction of sp³-hybridized carbons (Fsp3) is 0.200. The lowest BCUT2D eigenvalue weighted by Crippen LogP contribution is -2.26. The summed E-state index contributed by atoms with van der Waals surface area (Å²) in [4.78, 5) is 0. The number of fused-ring (bicyclic) bond motifs is 8. The third-order valence-corrected chi connectivity index (χ3v) is 14.0. The van der Waals surface area contributed by atoms with Crippen molar-refractivity contribution < 1.29 is 0 Å². The van der Waals surface area contributed by atoms with Crippen LogP contribution in [0.5, 0.6) is 0 Å². The predicted molar refractivity (Wildman–Crippen MR) is 266 cm³/mol. The Morgan fingerprint density at radius 3 is 1.16 bits per heavy atom. The Kier molecular flexibility index (Phi) is 8.38. The molecule has 2 heteroatoms. The molecular weight excluding hydrogens is 749 g/mol. The number of aromatic nitrogens is 1. The summed E-state index contributed by atoms with van der Waals surface area (Å²) < 4.78 is 2.55. The van der Waals surface area contributed by atoms with E-state index in [1.54, 1.807) is 0 Å². The van der Waals surface area contributed by atoms with E-state index in [-0.39, 0.29) is 0 Å². The first-order chi connectivity index (χ1) is 29.7. The van der Waals surface area contributed by atoms with E-state index in [9.17, 15) is 0 Å². The van der Waals surface area contributed by atoms with Crippen molar-refractivity contribution in [3.05, 3.63) is 176 Å². The van der Waals surface area contributed by atoms with Gasteiger partial charge >= 0.3 is 0 Å². The second-order valence-electron chi connectivity index (χ2n) is 19.0. The van der Waals surface area contributed by atoms with E-state index in [4.69, 9.17) is 0 Å². The molecule has 0 saturated carbocycles. The van der Waals surface area contributed by atoms with Gasteiger partial charge in [0.25, 0.3) is 0 Å². The maximum absolute atomic E-state index is 2.55. The van der Waals surface area contributed by atoms with Crippen LogP contribution in [0.25, 0.3) is 88.6 Å². The first-order valence-electron chi connectivity index (χ1n) is 22.2. The molecule has 9 aromatic rings. The summed E-state index contributed by atoms with van der Waals surface area (Å²) in [6.07, 6.45) is 0. The third-order valence-electron chi connectivity index (χ3n) is 14.0. The zero-order valence-corrected chi connectivity index (χ0v) is 38.3. The standard InChI is InChI=1S/C60H54N2/c1-31-17-35(5)55(36(6)18-31)43-13-15-53-47(25-43)49-27-45(57-39(9)21-33(3)22-40(57)10)29-51-52-30-46(58-41(11)23-34(4)24-42(58)12)28-50-48-26-44(56-37(7)19-32(2)20-38(56)8)14-16-54(48)62(60(50)52)61(53)59(49)51/h13-30H,1-12H3/q+1. The highest BCUT2D eigenvalue weighted by Crippen LogP contribution is 2.59. The Morgan fingerprint density at radius 1 is 0.323 bits per heavy atom. The summed E-state index contributed by atoms with van der Waals surface area (Å²) in [5.41, 5.74) is 36.2. The number of nitrogens with zero attached hydrogens (tertiary/aromatic N) is 2. The Bertz CT molecular complexity index is 3380. The van der Waals surface area contributed by atoms with Crippen LogP contribution in [0.15, 0.2) is 109 Å². The van der Waals surface area contributed by atoms with Crippen molar-refractivity contribution in [3.8, 4) is 66.8 Å². The Hall–Kier alpha value is -6.48. The van der Waals surface area contributed by atoms with Gasteiger partial charge < -0.3 is 0 Å². The average Bonchev–Trinajstić information content (AvgIpc) is 3.67. The van der Waals surface area contributed by atoms with Crippen LogP contribution in [-0.4, -0.2) is 4.68 Å². The van der Waals surface area contributed by atoms with Crippen LogP contribution in [0.4, 0.5) is 11.4 Å². The second kappa shape index (κ2) is 13.5. The van der Waals surface area contributed by atoms with E-state index in [0.717, 1.165) is 0 Å². The smallest absolute Gasteiger partial charge is 0.129 e. The molecule has 0 spiro atoms. The van der Waals surface area contributed by atoms with Gasteiger partial charge in [0, 0.05) is 27.4 Å². The number of hydrogen-bond donors (Lipinski definition) is 0. The normalized spacial score (nSPS) is 12.8. The molecule has 11 rings (SSSR count). The van der Waals surface area contributed by atoms with Crippen LogP contribution >= 0.6 is 0 Å². The van der Waals surface area contributed by atoms with Crippen molar-refractivity contribution in [2.45, 2.75) is 83.1 Å². The molecule has 3 heterocycles. The molecule has 0 saturated heterocycles. The van der Waals surface area contributed by atoms with Gasteiger partial charge in [-0.25, -0.2) is 0 Å². The molecule has 8 aromatic carbocycles. The van der Waals surface area contributed by atoms with E-state index >= 15 is 0 Å². The predicted octanol–water partition coefficient (Wildman–Crippen LogP) is 16.7. The molecular formula is C60H54N2+. The molecule has 0 bridgehead atoms. The minimum atomic E-state index is 1.22. The van der Waals surface area contributed by atoms with Gasteiger partial charge in [0.1, 0.15) is 11.0 Å². The maximum Gasteiger partial charge on any atom is 0.232 e. The van der Waals surface area contributed by atoms with Crippen LogP contribution in [0.2, 0.25) is 0 Å². The zero-order chi connectivity index (χ0) is 43.2. The Balaban J connectivity index is 1.29. The van der Waals surface area contributed by atoms with Crippen molar-refractivity contribution in [2.24, 2.45) is 0 Å². The highest BCUT2D eigenvalue weighted by molar-refractivity contribution is 6.19. The van der Waals surface area contributed by atoms with Gasteiger partial charge in [0.15, 0.2) is 0 Å². The molecule has 0 N–H and O–H groups in total.